The van der Waals surface area contributed by atoms with Gasteiger partial charge in [-0.25, -0.2) is 0 Å². The second kappa shape index (κ2) is 10.9. The van der Waals surface area contributed by atoms with Crippen molar-refractivity contribution in [3.05, 3.63) is 96.1 Å². The molecule has 3 aromatic carbocycles. The molecule has 0 atom stereocenters. The van der Waals surface area contributed by atoms with E-state index in [4.69, 9.17) is 9.40 Å². The summed E-state index contributed by atoms with van der Waals surface area (Å²) in [5.74, 6) is 1.44. The van der Waals surface area contributed by atoms with Crippen molar-refractivity contribution in [2.45, 2.75) is 52.4 Å². The molecule has 0 fully saturated rings. The maximum Gasteiger partial charge on any atom is 0.673 e. The largest absolute Gasteiger partial charge is 0.673 e. The zero-order valence-electron chi connectivity index (χ0n) is 22.0. The van der Waals surface area contributed by atoms with E-state index < -0.39 is 7.25 Å². The number of halogens is 4. The number of rotatable bonds is 3. The fraction of sp³-hybridized carbons (Fsp3) is 0.267. The summed E-state index contributed by atoms with van der Waals surface area (Å²) in [5, 5.41) is 0. The third-order valence-electron chi connectivity index (χ3n) is 5.74. The van der Waals surface area contributed by atoms with Crippen LogP contribution >= 0.6 is 0 Å². The minimum absolute atomic E-state index is 0.0414. The zero-order chi connectivity index (χ0) is 27.4. The fourth-order valence-electron chi connectivity index (χ4n) is 3.66. The van der Waals surface area contributed by atoms with Crippen LogP contribution in [0.2, 0.25) is 0 Å². The molecule has 37 heavy (non-hydrogen) atoms. The van der Waals surface area contributed by atoms with Crippen molar-refractivity contribution in [3.63, 3.8) is 0 Å². The van der Waals surface area contributed by atoms with Gasteiger partial charge < -0.3 is 17.3 Å². The van der Waals surface area contributed by atoms with Gasteiger partial charge in [-0.05, 0) is 58.4 Å². The monoisotopic (exact) mass is 509 g/mol. The standard InChI is InChI=1S/C30H32NO.BF4/c1-29(2,3)24-17-23(18-25(19-24)30(4,5)6)26-20-27(21-13-9-7-10-14-21)32-28(31-26)22-15-11-8-12-16-22;2-1(3,4)5/h7-20H,1-6H3;/q+1;-1. The maximum atomic E-state index is 9.75. The minimum Gasteiger partial charge on any atom is -0.418 e. The molecule has 0 bridgehead atoms. The Morgan fingerprint density at radius 1 is 0.595 bits per heavy atom. The van der Waals surface area contributed by atoms with Gasteiger partial charge >= 0.3 is 18.9 Å². The lowest BCUT2D eigenvalue weighted by molar-refractivity contribution is 0.368. The van der Waals surface area contributed by atoms with Crippen LogP contribution in [-0.4, -0.2) is 12.2 Å². The molecule has 0 spiro atoms. The summed E-state index contributed by atoms with van der Waals surface area (Å²) in [7, 11) is -6.00. The van der Waals surface area contributed by atoms with Crippen molar-refractivity contribution in [1.82, 2.24) is 4.98 Å². The lowest BCUT2D eigenvalue weighted by Gasteiger charge is -2.26. The Kier molecular flexibility index (Phi) is 8.26. The molecule has 0 saturated heterocycles. The van der Waals surface area contributed by atoms with Crippen molar-refractivity contribution in [2.75, 3.05) is 0 Å². The molecule has 0 radical (unpaired) electrons. The SMILES string of the molecule is CC(C)(C)c1cc(-c2cc(-c3ccccc3)[o+]c(-c3ccccc3)n2)cc(C(C)(C)C)c1.F[B-](F)(F)F. The molecule has 0 aliphatic heterocycles. The predicted octanol–water partition coefficient (Wildman–Crippen LogP) is 9.85. The van der Waals surface area contributed by atoms with Gasteiger partial charge in [0, 0.05) is 5.56 Å². The molecule has 0 unspecified atom stereocenters. The van der Waals surface area contributed by atoms with E-state index in [1.807, 2.05) is 48.5 Å². The third-order valence-corrected chi connectivity index (χ3v) is 5.74. The van der Waals surface area contributed by atoms with Gasteiger partial charge in [0.15, 0.2) is 0 Å². The number of aromatic nitrogens is 1. The number of nitrogens with zero attached hydrogens (tertiary/aromatic N) is 1. The molecule has 4 rings (SSSR count). The average Bonchev–Trinajstić information content (AvgIpc) is 2.82. The molecule has 0 aliphatic carbocycles. The number of hydrogen-bond acceptors (Lipinski definition) is 1. The second-order valence-electron chi connectivity index (χ2n) is 10.9. The van der Waals surface area contributed by atoms with Crippen LogP contribution in [0, 0.1) is 0 Å². The average molecular weight is 509 g/mol. The van der Waals surface area contributed by atoms with Crippen molar-refractivity contribution in [2.24, 2.45) is 0 Å². The molecule has 0 N–H and O–H groups in total. The van der Waals surface area contributed by atoms with Crippen LogP contribution in [0.4, 0.5) is 17.3 Å². The molecule has 1 aromatic heterocycles. The van der Waals surface area contributed by atoms with E-state index >= 15 is 0 Å². The van der Waals surface area contributed by atoms with Gasteiger partial charge in [0.2, 0.25) is 0 Å². The van der Waals surface area contributed by atoms with Gasteiger partial charge in [0.1, 0.15) is 5.56 Å². The van der Waals surface area contributed by atoms with Crippen LogP contribution in [0.5, 0.6) is 0 Å². The first-order chi connectivity index (χ1) is 17.1. The maximum absolute atomic E-state index is 9.75. The van der Waals surface area contributed by atoms with Crippen molar-refractivity contribution in [3.8, 4) is 34.0 Å². The highest BCUT2D eigenvalue weighted by Crippen LogP contribution is 2.36. The molecule has 2 nitrogen and oxygen atoms in total. The first-order valence-electron chi connectivity index (χ1n) is 12.1. The lowest BCUT2D eigenvalue weighted by atomic mass is 9.79. The Hall–Kier alpha value is -3.48. The number of benzene rings is 3. The van der Waals surface area contributed by atoms with Crippen molar-refractivity contribution in [1.29, 1.82) is 0 Å². The summed E-state index contributed by atoms with van der Waals surface area (Å²) >= 11 is 0. The van der Waals surface area contributed by atoms with Gasteiger partial charge in [-0.15, -0.1) is 0 Å². The van der Waals surface area contributed by atoms with Gasteiger partial charge in [0.05, 0.1) is 17.3 Å². The lowest BCUT2D eigenvalue weighted by Crippen LogP contribution is -2.16. The summed E-state index contributed by atoms with van der Waals surface area (Å²) in [6.07, 6.45) is 0. The van der Waals surface area contributed by atoms with Crippen LogP contribution in [0.1, 0.15) is 52.7 Å². The summed E-state index contributed by atoms with van der Waals surface area (Å²) in [5.41, 5.74) is 6.75. The Labute approximate surface area is 216 Å². The molecular weight excluding hydrogens is 477 g/mol. The van der Waals surface area contributed by atoms with Gasteiger partial charge in [0.25, 0.3) is 0 Å². The Balaban J connectivity index is 0.000000695. The topological polar surface area (TPSA) is 24.2 Å². The first-order valence-corrected chi connectivity index (χ1v) is 12.1. The highest BCUT2D eigenvalue weighted by atomic mass is 19.5. The zero-order valence-corrected chi connectivity index (χ0v) is 22.0. The van der Waals surface area contributed by atoms with Crippen LogP contribution in [0.15, 0.2) is 89.3 Å². The number of hydrogen-bond donors (Lipinski definition) is 0. The van der Waals surface area contributed by atoms with Gasteiger partial charge in [-0.3, -0.25) is 0 Å². The normalized spacial score (nSPS) is 12.1. The van der Waals surface area contributed by atoms with Crippen molar-refractivity contribution >= 4 is 7.25 Å². The smallest absolute Gasteiger partial charge is 0.418 e. The van der Waals surface area contributed by atoms with E-state index in [1.165, 1.54) is 11.1 Å². The second-order valence-corrected chi connectivity index (χ2v) is 10.9. The fourth-order valence-corrected chi connectivity index (χ4v) is 3.66. The summed E-state index contributed by atoms with van der Waals surface area (Å²) in [6.45, 7) is 13.6. The van der Waals surface area contributed by atoms with Crippen molar-refractivity contribution < 1.29 is 21.7 Å². The Morgan fingerprint density at radius 3 is 1.46 bits per heavy atom. The van der Waals surface area contributed by atoms with Gasteiger partial charge in [-0.1, -0.05) is 84.0 Å². The first kappa shape index (κ1) is 28.1. The highest BCUT2D eigenvalue weighted by Gasteiger charge is 2.25. The molecular formula is C30H32BF4NO. The Morgan fingerprint density at radius 2 is 1.03 bits per heavy atom. The summed E-state index contributed by atoms with van der Waals surface area (Å²) in [6, 6.07) is 29.3. The van der Waals surface area contributed by atoms with Crippen LogP contribution < -0.4 is 0 Å². The van der Waals surface area contributed by atoms with E-state index in [1.54, 1.807) is 0 Å². The molecule has 194 valence electrons. The van der Waals surface area contributed by atoms with Crippen LogP contribution in [0.3, 0.4) is 0 Å². The minimum atomic E-state index is -6.00. The summed E-state index contributed by atoms with van der Waals surface area (Å²) in [4.78, 5) is 4.98. The predicted molar refractivity (Wildman–Crippen MR) is 145 cm³/mol. The molecule has 0 aliphatic rings. The molecule has 0 saturated carbocycles. The van der Waals surface area contributed by atoms with E-state index in [9.17, 15) is 17.3 Å². The van der Waals surface area contributed by atoms with Crippen LogP contribution in [-0.2, 0) is 10.8 Å². The Bertz CT molecular complexity index is 1230. The van der Waals surface area contributed by atoms with Gasteiger partial charge in [-0.2, -0.15) is 9.40 Å². The van der Waals surface area contributed by atoms with E-state index in [-0.39, 0.29) is 10.8 Å². The molecule has 1 heterocycles. The van der Waals surface area contributed by atoms with E-state index in [0.29, 0.717) is 5.89 Å². The highest BCUT2D eigenvalue weighted by molar-refractivity contribution is 6.50. The molecule has 7 heteroatoms. The third kappa shape index (κ3) is 8.27. The van der Waals surface area contributed by atoms with E-state index in [0.717, 1.165) is 28.1 Å². The van der Waals surface area contributed by atoms with Crippen LogP contribution in [0.25, 0.3) is 34.0 Å². The molecule has 4 aromatic rings. The molecule has 0 amide bonds. The summed E-state index contributed by atoms with van der Waals surface area (Å²) < 4.78 is 45.3. The van der Waals surface area contributed by atoms with E-state index in [2.05, 4.69) is 77.9 Å². The quantitative estimate of drug-likeness (QED) is 0.156.